The first kappa shape index (κ1) is 22.7. The Labute approximate surface area is 181 Å². The van der Waals surface area contributed by atoms with E-state index in [1.165, 1.54) is 31.9 Å². The van der Waals surface area contributed by atoms with E-state index in [9.17, 15) is 13.2 Å². The summed E-state index contributed by atoms with van der Waals surface area (Å²) < 4.78 is 37.9. The number of hydrogen-bond donors (Lipinski definition) is 1. The van der Waals surface area contributed by atoms with Gasteiger partial charge in [-0.3, -0.25) is 9.69 Å². The topological polar surface area (TPSA) is 88.2 Å². The number of rotatable bonds is 9. The zero-order chi connectivity index (χ0) is 21.6. The average molecular weight is 454 g/mol. The molecule has 1 aromatic carbocycles. The zero-order valence-electron chi connectivity index (χ0n) is 17.2. The van der Waals surface area contributed by atoms with Crippen LogP contribution in [-0.2, 0) is 21.3 Å². The zero-order valence-corrected chi connectivity index (χ0v) is 18.8. The highest BCUT2D eigenvalue weighted by atomic mass is 32.2. The lowest BCUT2D eigenvalue weighted by molar-refractivity contribution is 0.0628. The van der Waals surface area contributed by atoms with Crippen molar-refractivity contribution in [2.45, 2.75) is 11.4 Å². The van der Waals surface area contributed by atoms with Crippen molar-refractivity contribution in [1.29, 1.82) is 0 Å². The number of hydrogen-bond acceptors (Lipinski definition) is 7. The normalized spacial score (nSPS) is 15.3. The summed E-state index contributed by atoms with van der Waals surface area (Å²) in [5.74, 6) is 0.0122. The van der Waals surface area contributed by atoms with Crippen molar-refractivity contribution in [3.05, 3.63) is 46.2 Å². The van der Waals surface area contributed by atoms with Gasteiger partial charge in [-0.1, -0.05) is 0 Å². The van der Waals surface area contributed by atoms with E-state index in [4.69, 9.17) is 9.47 Å². The number of carbonyl (C=O) groups is 1. The van der Waals surface area contributed by atoms with Crippen LogP contribution in [0.3, 0.4) is 0 Å². The van der Waals surface area contributed by atoms with Crippen LogP contribution in [-0.4, -0.2) is 77.7 Å². The number of piperazine rings is 1. The summed E-state index contributed by atoms with van der Waals surface area (Å²) in [6, 6.07) is 6.62. The van der Waals surface area contributed by atoms with Crippen molar-refractivity contribution in [1.82, 2.24) is 14.5 Å². The molecule has 3 rings (SSSR count). The number of amides is 1. The molecule has 1 aliphatic heterocycles. The minimum absolute atomic E-state index is 0.0527. The van der Waals surface area contributed by atoms with Crippen molar-refractivity contribution in [3.8, 4) is 5.75 Å². The van der Waals surface area contributed by atoms with Gasteiger partial charge in [-0.2, -0.15) is 11.3 Å². The number of nitrogens with one attached hydrogen (secondary N) is 1. The van der Waals surface area contributed by atoms with Gasteiger partial charge in [0.1, 0.15) is 10.6 Å². The van der Waals surface area contributed by atoms with Crippen LogP contribution < -0.4 is 9.46 Å². The van der Waals surface area contributed by atoms with E-state index in [1.807, 2.05) is 0 Å². The van der Waals surface area contributed by atoms with Gasteiger partial charge in [0.05, 0.1) is 13.7 Å². The molecule has 164 valence electrons. The first-order valence-electron chi connectivity index (χ1n) is 9.64. The summed E-state index contributed by atoms with van der Waals surface area (Å²) in [5, 5.41) is 4.20. The number of carbonyl (C=O) groups excluding carboxylic acids is 1. The third-order valence-corrected chi connectivity index (χ3v) is 7.16. The van der Waals surface area contributed by atoms with Gasteiger partial charge in [0, 0.05) is 51.9 Å². The van der Waals surface area contributed by atoms with E-state index in [0.29, 0.717) is 18.7 Å². The maximum atomic E-state index is 13.0. The quantitative estimate of drug-likeness (QED) is 0.581. The van der Waals surface area contributed by atoms with Gasteiger partial charge in [0.15, 0.2) is 0 Å². The van der Waals surface area contributed by atoms with E-state index < -0.39 is 10.0 Å². The second kappa shape index (κ2) is 10.4. The lowest BCUT2D eigenvalue weighted by Gasteiger charge is -2.34. The molecule has 1 amide bonds. The standard InChI is InChI=1S/C20H27N3O5S2/c1-27-11-6-21-30(25,26)19-13-17(3-4-18(19)28-2)20(24)23-9-7-22(8-10-23)14-16-5-12-29-15-16/h3-5,12-13,15,21H,6-11,14H2,1-2H3. The largest absolute Gasteiger partial charge is 0.495 e. The van der Waals surface area contributed by atoms with Gasteiger partial charge in [-0.25, -0.2) is 13.1 Å². The summed E-state index contributed by atoms with van der Waals surface area (Å²) in [7, 11) is -0.938. The Kier molecular flexibility index (Phi) is 7.84. The summed E-state index contributed by atoms with van der Waals surface area (Å²) in [6.45, 7) is 4.01. The highest BCUT2D eigenvalue weighted by Gasteiger charge is 2.25. The first-order chi connectivity index (χ1) is 14.4. The molecule has 2 heterocycles. The monoisotopic (exact) mass is 453 g/mol. The Bertz CT molecular complexity index is 939. The van der Waals surface area contributed by atoms with E-state index in [1.54, 1.807) is 22.3 Å². The molecule has 0 spiro atoms. The SMILES string of the molecule is COCCNS(=O)(=O)c1cc(C(=O)N2CCN(Cc3ccsc3)CC2)ccc1OC. The second-order valence-electron chi connectivity index (χ2n) is 6.96. The van der Waals surface area contributed by atoms with Crippen LogP contribution in [0.2, 0.25) is 0 Å². The maximum Gasteiger partial charge on any atom is 0.253 e. The van der Waals surface area contributed by atoms with Gasteiger partial charge in [0.25, 0.3) is 5.91 Å². The Morgan fingerprint density at radius 1 is 1.17 bits per heavy atom. The van der Waals surface area contributed by atoms with Crippen LogP contribution in [0.5, 0.6) is 5.75 Å². The van der Waals surface area contributed by atoms with Crippen molar-refractivity contribution in [2.75, 3.05) is 53.6 Å². The van der Waals surface area contributed by atoms with E-state index >= 15 is 0 Å². The van der Waals surface area contributed by atoms with Gasteiger partial charge < -0.3 is 14.4 Å². The predicted octanol–water partition coefficient (Wildman–Crippen LogP) is 1.64. The molecule has 0 bridgehead atoms. The van der Waals surface area contributed by atoms with Crippen LogP contribution in [0, 0.1) is 0 Å². The number of thiophene rings is 1. The highest BCUT2D eigenvalue weighted by Crippen LogP contribution is 2.25. The summed E-state index contributed by atoms with van der Waals surface area (Å²) in [4.78, 5) is 17.0. The fourth-order valence-electron chi connectivity index (χ4n) is 3.31. The van der Waals surface area contributed by atoms with Gasteiger partial charge >= 0.3 is 0 Å². The molecule has 0 atom stereocenters. The summed E-state index contributed by atoms with van der Waals surface area (Å²) >= 11 is 1.68. The number of nitrogens with zero attached hydrogens (tertiary/aromatic N) is 2. The van der Waals surface area contributed by atoms with Gasteiger partial charge in [-0.15, -0.1) is 0 Å². The molecule has 0 aliphatic carbocycles. The predicted molar refractivity (Wildman–Crippen MR) is 116 cm³/mol. The average Bonchev–Trinajstić information content (AvgIpc) is 3.26. The van der Waals surface area contributed by atoms with Crippen LogP contribution in [0.25, 0.3) is 0 Å². The Balaban J connectivity index is 1.69. The van der Waals surface area contributed by atoms with Crippen LogP contribution in [0.1, 0.15) is 15.9 Å². The maximum absolute atomic E-state index is 13.0. The molecule has 0 saturated carbocycles. The number of sulfonamides is 1. The van der Waals surface area contributed by atoms with Crippen molar-refractivity contribution >= 4 is 27.3 Å². The molecule has 1 saturated heterocycles. The smallest absolute Gasteiger partial charge is 0.253 e. The summed E-state index contributed by atoms with van der Waals surface area (Å²) in [6.07, 6.45) is 0. The molecule has 1 aromatic heterocycles. The molecule has 8 nitrogen and oxygen atoms in total. The van der Waals surface area contributed by atoms with Crippen LogP contribution in [0.4, 0.5) is 0 Å². The number of benzene rings is 1. The van der Waals surface area contributed by atoms with E-state index in [0.717, 1.165) is 19.6 Å². The fraction of sp³-hybridized carbons (Fsp3) is 0.450. The minimum atomic E-state index is -3.83. The third-order valence-electron chi connectivity index (χ3n) is 4.94. The summed E-state index contributed by atoms with van der Waals surface area (Å²) in [5.41, 5.74) is 1.61. The van der Waals surface area contributed by atoms with Gasteiger partial charge in [-0.05, 0) is 40.6 Å². The molecule has 10 heteroatoms. The molecular weight excluding hydrogens is 426 g/mol. The fourth-order valence-corrected chi connectivity index (χ4v) is 5.17. The molecule has 30 heavy (non-hydrogen) atoms. The molecule has 0 unspecified atom stereocenters. The van der Waals surface area contributed by atoms with Crippen molar-refractivity contribution in [3.63, 3.8) is 0 Å². The van der Waals surface area contributed by atoms with Crippen molar-refractivity contribution in [2.24, 2.45) is 0 Å². The van der Waals surface area contributed by atoms with Crippen LogP contribution in [0.15, 0.2) is 39.9 Å². The van der Waals surface area contributed by atoms with Crippen molar-refractivity contribution < 1.29 is 22.7 Å². The molecular formula is C20H27N3O5S2. The second-order valence-corrected chi connectivity index (χ2v) is 9.47. The number of methoxy groups -OCH3 is 2. The van der Waals surface area contributed by atoms with E-state index in [2.05, 4.69) is 26.4 Å². The number of ether oxygens (including phenoxy) is 2. The molecule has 1 N–H and O–H groups in total. The Morgan fingerprint density at radius 3 is 2.57 bits per heavy atom. The van der Waals surface area contributed by atoms with E-state index in [-0.39, 0.29) is 29.7 Å². The molecule has 1 fully saturated rings. The minimum Gasteiger partial charge on any atom is -0.495 e. The lowest BCUT2D eigenvalue weighted by Crippen LogP contribution is -2.48. The first-order valence-corrected chi connectivity index (χ1v) is 12.1. The molecule has 0 radical (unpaired) electrons. The lowest BCUT2D eigenvalue weighted by atomic mass is 10.1. The molecule has 1 aliphatic rings. The molecule has 2 aromatic rings. The third kappa shape index (κ3) is 5.58. The Hall–Kier alpha value is -1.98. The Morgan fingerprint density at radius 2 is 1.93 bits per heavy atom. The van der Waals surface area contributed by atoms with Crippen LogP contribution >= 0.6 is 11.3 Å². The highest BCUT2D eigenvalue weighted by molar-refractivity contribution is 7.89. The van der Waals surface area contributed by atoms with Gasteiger partial charge in [0.2, 0.25) is 10.0 Å².